The zero-order valence-electron chi connectivity index (χ0n) is 14.7. The summed E-state index contributed by atoms with van der Waals surface area (Å²) in [4.78, 5) is 4.52. The SMILES string of the molecule is CC(C)[C@@H]1C[C@@H](N[C@H](Cc2ccccn2)c2ccccc2)CCO1. The van der Waals surface area contributed by atoms with Crippen LogP contribution in [0.5, 0.6) is 0 Å². The van der Waals surface area contributed by atoms with Gasteiger partial charge in [-0.1, -0.05) is 50.2 Å². The number of benzene rings is 1. The number of pyridine rings is 1. The van der Waals surface area contributed by atoms with Gasteiger partial charge >= 0.3 is 0 Å². The first kappa shape index (κ1) is 17.1. The molecule has 0 unspecified atom stereocenters. The van der Waals surface area contributed by atoms with E-state index < -0.39 is 0 Å². The minimum Gasteiger partial charge on any atom is -0.378 e. The van der Waals surface area contributed by atoms with Crippen molar-refractivity contribution in [3.63, 3.8) is 0 Å². The molecule has 3 heteroatoms. The standard InChI is InChI=1S/C21H28N2O/c1-16(2)21-15-19(11-13-24-21)23-20(17-8-4-3-5-9-17)14-18-10-6-7-12-22-18/h3-10,12,16,19-21,23H,11,13-15H2,1-2H3/t19-,20+,21-/m0/s1. The Labute approximate surface area is 145 Å². The van der Waals surface area contributed by atoms with Crippen LogP contribution in [0.2, 0.25) is 0 Å². The first-order valence-electron chi connectivity index (χ1n) is 9.05. The van der Waals surface area contributed by atoms with Gasteiger partial charge in [-0.2, -0.15) is 0 Å². The first-order valence-corrected chi connectivity index (χ1v) is 9.05. The van der Waals surface area contributed by atoms with Crippen LogP contribution in [0.4, 0.5) is 0 Å². The van der Waals surface area contributed by atoms with E-state index >= 15 is 0 Å². The van der Waals surface area contributed by atoms with Gasteiger partial charge in [-0.3, -0.25) is 4.98 Å². The van der Waals surface area contributed by atoms with Crippen molar-refractivity contribution in [3.05, 3.63) is 66.0 Å². The summed E-state index contributed by atoms with van der Waals surface area (Å²) in [5.41, 5.74) is 2.46. The van der Waals surface area contributed by atoms with Crippen LogP contribution >= 0.6 is 0 Å². The topological polar surface area (TPSA) is 34.2 Å². The Morgan fingerprint density at radius 3 is 2.62 bits per heavy atom. The molecule has 1 aromatic heterocycles. The third-order valence-electron chi connectivity index (χ3n) is 4.84. The van der Waals surface area contributed by atoms with Crippen molar-refractivity contribution in [3.8, 4) is 0 Å². The summed E-state index contributed by atoms with van der Waals surface area (Å²) < 4.78 is 5.92. The predicted molar refractivity (Wildman–Crippen MR) is 97.9 cm³/mol. The normalized spacial score (nSPS) is 22.5. The number of nitrogens with one attached hydrogen (secondary N) is 1. The smallest absolute Gasteiger partial charge is 0.0612 e. The molecule has 0 aliphatic carbocycles. The molecule has 1 N–H and O–H groups in total. The lowest BCUT2D eigenvalue weighted by molar-refractivity contribution is -0.0260. The Hall–Kier alpha value is -1.71. The van der Waals surface area contributed by atoms with Crippen LogP contribution in [0, 0.1) is 5.92 Å². The van der Waals surface area contributed by atoms with Crippen molar-refractivity contribution in [1.29, 1.82) is 0 Å². The Kier molecular flexibility index (Phi) is 6.00. The Bertz CT molecular complexity index is 600. The highest BCUT2D eigenvalue weighted by atomic mass is 16.5. The zero-order valence-corrected chi connectivity index (χ0v) is 14.7. The highest BCUT2D eigenvalue weighted by molar-refractivity contribution is 5.21. The van der Waals surface area contributed by atoms with E-state index in [4.69, 9.17) is 4.74 Å². The molecule has 1 fully saturated rings. The van der Waals surface area contributed by atoms with E-state index in [1.54, 1.807) is 0 Å². The fraction of sp³-hybridized carbons (Fsp3) is 0.476. The third-order valence-corrected chi connectivity index (χ3v) is 4.84. The summed E-state index contributed by atoms with van der Waals surface area (Å²) in [6.07, 6.45) is 5.32. The second-order valence-electron chi connectivity index (χ2n) is 7.03. The lowest BCUT2D eigenvalue weighted by atomic mass is 9.93. The van der Waals surface area contributed by atoms with Crippen LogP contribution < -0.4 is 5.32 Å². The van der Waals surface area contributed by atoms with Crippen molar-refractivity contribution in [1.82, 2.24) is 10.3 Å². The van der Waals surface area contributed by atoms with Gasteiger partial charge in [-0.15, -0.1) is 0 Å². The van der Waals surface area contributed by atoms with Crippen LogP contribution in [-0.4, -0.2) is 23.7 Å². The average Bonchev–Trinajstić information content (AvgIpc) is 2.63. The van der Waals surface area contributed by atoms with Crippen molar-refractivity contribution in [2.45, 2.75) is 51.3 Å². The molecule has 128 valence electrons. The minimum atomic E-state index is 0.289. The molecule has 0 amide bonds. The highest BCUT2D eigenvalue weighted by Gasteiger charge is 2.27. The fourth-order valence-electron chi connectivity index (χ4n) is 3.41. The molecule has 0 saturated carbocycles. The van der Waals surface area contributed by atoms with E-state index in [9.17, 15) is 0 Å². The number of rotatable bonds is 6. The van der Waals surface area contributed by atoms with Gasteiger partial charge in [0.15, 0.2) is 0 Å². The molecule has 2 aromatic rings. The van der Waals surface area contributed by atoms with E-state index in [1.807, 2.05) is 12.3 Å². The second kappa shape index (κ2) is 8.41. The van der Waals surface area contributed by atoms with Crippen molar-refractivity contribution >= 4 is 0 Å². The lowest BCUT2D eigenvalue weighted by Gasteiger charge is -2.35. The molecular weight excluding hydrogens is 296 g/mol. The van der Waals surface area contributed by atoms with Crippen LogP contribution in [0.3, 0.4) is 0 Å². The number of aromatic nitrogens is 1. The van der Waals surface area contributed by atoms with Gasteiger partial charge in [-0.05, 0) is 36.5 Å². The van der Waals surface area contributed by atoms with E-state index in [0.29, 0.717) is 18.1 Å². The zero-order chi connectivity index (χ0) is 16.8. The predicted octanol–water partition coefficient (Wildman–Crippen LogP) is 4.16. The first-order chi connectivity index (χ1) is 11.7. The van der Waals surface area contributed by atoms with Crippen LogP contribution in [-0.2, 0) is 11.2 Å². The molecule has 3 atom stereocenters. The Morgan fingerprint density at radius 1 is 1.12 bits per heavy atom. The summed E-state index contributed by atoms with van der Waals surface area (Å²) in [6.45, 7) is 5.34. The molecule has 3 rings (SSSR count). The van der Waals surface area contributed by atoms with E-state index in [2.05, 4.69) is 66.6 Å². The average molecular weight is 324 g/mol. The molecule has 2 heterocycles. The van der Waals surface area contributed by atoms with Gasteiger partial charge in [-0.25, -0.2) is 0 Å². The molecule has 1 aromatic carbocycles. The summed E-state index contributed by atoms with van der Waals surface area (Å²) in [6, 6.07) is 17.7. The monoisotopic (exact) mass is 324 g/mol. The maximum Gasteiger partial charge on any atom is 0.0612 e. The minimum absolute atomic E-state index is 0.289. The largest absolute Gasteiger partial charge is 0.378 e. The van der Waals surface area contributed by atoms with Gasteiger partial charge in [0.05, 0.1) is 6.10 Å². The number of hydrogen-bond acceptors (Lipinski definition) is 3. The molecule has 0 bridgehead atoms. The quantitative estimate of drug-likeness (QED) is 0.866. The van der Waals surface area contributed by atoms with Gasteiger partial charge < -0.3 is 10.1 Å². The Morgan fingerprint density at radius 2 is 1.92 bits per heavy atom. The summed E-state index contributed by atoms with van der Waals surface area (Å²) >= 11 is 0. The molecule has 3 nitrogen and oxygen atoms in total. The molecule has 1 aliphatic heterocycles. The summed E-state index contributed by atoms with van der Waals surface area (Å²) in [5.74, 6) is 0.570. The van der Waals surface area contributed by atoms with Gasteiger partial charge in [0, 0.05) is 37.0 Å². The molecule has 0 spiro atoms. The van der Waals surface area contributed by atoms with E-state index in [-0.39, 0.29) is 6.04 Å². The van der Waals surface area contributed by atoms with Gasteiger partial charge in [0.2, 0.25) is 0 Å². The third kappa shape index (κ3) is 4.65. The lowest BCUT2D eigenvalue weighted by Crippen LogP contribution is -2.42. The maximum absolute atomic E-state index is 5.92. The fourth-order valence-corrected chi connectivity index (χ4v) is 3.41. The van der Waals surface area contributed by atoms with Crippen molar-refractivity contribution in [2.75, 3.05) is 6.61 Å². The maximum atomic E-state index is 5.92. The van der Waals surface area contributed by atoms with E-state index in [1.165, 1.54) is 5.56 Å². The van der Waals surface area contributed by atoms with Gasteiger partial charge in [0.1, 0.15) is 0 Å². The summed E-state index contributed by atoms with van der Waals surface area (Å²) in [5, 5.41) is 3.89. The molecule has 1 saturated heterocycles. The molecule has 1 aliphatic rings. The van der Waals surface area contributed by atoms with Crippen LogP contribution in [0.15, 0.2) is 54.7 Å². The molecule has 0 radical (unpaired) electrons. The van der Waals surface area contributed by atoms with Crippen molar-refractivity contribution < 1.29 is 4.74 Å². The van der Waals surface area contributed by atoms with Crippen LogP contribution in [0.25, 0.3) is 0 Å². The highest BCUT2D eigenvalue weighted by Crippen LogP contribution is 2.24. The van der Waals surface area contributed by atoms with Crippen molar-refractivity contribution in [2.24, 2.45) is 5.92 Å². The summed E-state index contributed by atoms with van der Waals surface area (Å²) in [7, 11) is 0. The van der Waals surface area contributed by atoms with Crippen LogP contribution in [0.1, 0.15) is 44.0 Å². The molecule has 24 heavy (non-hydrogen) atoms. The number of ether oxygens (including phenoxy) is 1. The Balaban J connectivity index is 1.72. The molecular formula is C21H28N2O. The second-order valence-corrected chi connectivity index (χ2v) is 7.03. The number of hydrogen-bond donors (Lipinski definition) is 1. The van der Waals surface area contributed by atoms with Gasteiger partial charge in [0.25, 0.3) is 0 Å². The number of nitrogens with zero attached hydrogens (tertiary/aromatic N) is 1. The van der Waals surface area contributed by atoms with E-state index in [0.717, 1.165) is 31.6 Å².